The third-order valence-corrected chi connectivity index (χ3v) is 4.95. The highest BCUT2D eigenvalue weighted by Gasteiger charge is 2.36. The fourth-order valence-electron chi connectivity index (χ4n) is 4.08. The number of carbonyl (C=O) groups is 1. The van der Waals surface area contributed by atoms with Gasteiger partial charge in [0.05, 0.1) is 19.6 Å². The first-order chi connectivity index (χ1) is 9.31. The molecule has 3 rings (SSSR count). The number of esters is 1. The minimum absolute atomic E-state index is 0.268. The molecule has 4 nitrogen and oxygen atoms in total. The van der Waals surface area contributed by atoms with Crippen molar-refractivity contribution in [3.05, 3.63) is 18.2 Å². The molecule has 2 aliphatic rings. The lowest BCUT2D eigenvalue weighted by Gasteiger charge is -2.42. The van der Waals surface area contributed by atoms with E-state index in [-0.39, 0.29) is 5.97 Å². The highest BCUT2D eigenvalue weighted by atomic mass is 16.5. The number of hydrogen-bond donors (Lipinski definition) is 0. The number of methoxy groups -OCH3 is 1. The summed E-state index contributed by atoms with van der Waals surface area (Å²) in [4.78, 5) is 16.0. The number of rotatable bonds is 2. The lowest BCUT2D eigenvalue weighted by Crippen LogP contribution is -2.33. The number of fused-ring (bicyclic) bond motifs is 1. The minimum atomic E-state index is -0.268. The molecule has 0 radical (unpaired) electrons. The average molecular weight is 262 g/mol. The highest BCUT2D eigenvalue weighted by Crippen LogP contribution is 2.46. The van der Waals surface area contributed by atoms with E-state index < -0.39 is 0 Å². The molecule has 4 heteroatoms. The van der Waals surface area contributed by atoms with Gasteiger partial charge in [0.25, 0.3) is 0 Å². The normalized spacial score (nSPS) is 30.7. The zero-order valence-corrected chi connectivity index (χ0v) is 11.5. The molecule has 3 unspecified atom stereocenters. The monoisotopic (exact) mass is 262 g/mol. The van der Waals surface area contributed by atoms with E-state index in [0.717, 1.165) is 11.8 Å². The van der Waals surface area contributed by atoms with Crippen molar-refractivity contribution in [2.45, 2.75) is 51.0 Å². The first kappa shape index (κ1) is 12.7. The van der Waals surface area contributed by atoms with E-state index in [2.05, 4.69) is 9.55 Å². The van der Waals surface area contributed by atoms with Gasteiger partial charge in [0.2, 0.25) is 0 Å². The van der Waals surface area contributed by atoms with Gasteiger partial charge in [-0.1, -0.05) is 32.1 Å². The van der Waals surface area contributed by atoms with Gasteiger partial charge in [-0.05, 0) is 24.7 Å². The molecule has 0 amide bonds. The molecule has 0 aliphatic heterocycles. The molecule has 1 heterocycles. The van der Waals surface area contributed by atoms with Gasteiger partial charge in [0.1, 0.15) is 5.69 Å². The first-order valence-electron chi connectivity index (χ1n) is 7.41. The average Bonchev–Trinajstić information content (AvgIpc) is 2.95. The third kappa shape index (κ3) is 2.28. The van der Waals surface area contributed by atoms with E-state index >= 15 is 0 Å². The summed E-state index contributed by atoms with van der Waals surface area (Å²) in [5.41, 5.74) is 0.610. The van der Waals surface area contributed by atoms with Gasteiger partial charge < -0.3 is 9.30 Å². The Kier molecular flexibility index (Phi) is 3.58. The summed E-state index contributed by atoms with van der Waals surface area (Å²) in [5, 5.41) is 0. The summed E-state index contributed by atoms with van der Waals surface area (Å²) in [7, 11) is 1.43. The summed E-state index contributed by atoms with van der Waals surface area (Å²) in [5.74, 6) is 1.30. The molecular weight excluding hydrogens is 240 g/mol. The molecule has 0 aromatic carbocycles. The van der Waals surface area contributed by atoms with Crippen LogP contribution in [0.5, 0.6) is 0 Å². The minimum Gasteiger partial charge on any atom is -0.464 e. The van der Waals surface area contributed by atoms with Crippen LogP contribution in [-0.2, 0) is 4.74 Å². The Morgan fingerprint density at radius 3 is 2.89 bits per heavy atom. The topological polar surface area (TPSA) is 44.1 Å². The number of aromatic nitrogens is 2. The van der Waals surface area contributed by atoms with Crippen LogP contribution in [0.2, 0.25) is 0 Å². The number of nitrogens with zero attached hydrogens (tertiary/aromatic N) is 2. The Bertz CT molecular complexity index is 453. The van der Waals surface area contributed by atoms with Crippen molar-refractivity contribution in [3.63, 3.8) is 0 Å². The number of hydrogen-bond acceptors (Lipinski definition) is 3. The van der Waals surface area contributed by atoms with Crippen LogP contribution in [0, 0.1) is 11.8 Å². The van der Waals surface area contributed by atoms with Crippen molar-refractivity contribution in [3.8, 4) is 0 Å². The Labute approximate surface area is 114 Å². The second-order valence-corrected chi connectivity index (χ2v) is 5.88. The smallest absolute Gasteiger partial charge is 0.356 e. The Balaban J connectivity index is 1.88. The fraction of sp³-hybridized carbons (Fsp3) is 0.733. The zero-order valence-electron chi connectivity index (χ0n) is 11.5. The van der Waals surface area contributed by atoms with E-state index in [0.29, 0.717) is 11.7 Å². The van der Waals surface area contributed by atoms with Crippen LogP contribution in [0.1, 0.15) is 61.5 Å². The largest absolute Gasteiger partial charge is 0.464 e. The predicted molar refractivity (Wildman–Crippen MR) is 71.9 cm³/mol. The van der Waals surface area contributed by atoms with Crippen molar-refractivity contribution in [2.24, 2.45) is 11.8 Å². The number of carbonyl (C=O) groups excluding carboxylic acids is 1. The molecular formula is C15H22N2O2. The van der Waals surface area contributed by atoms with Gasteiger partial charge in [0.15, 0.2) is 0 Å². The molecule has 3 atom stereocenters. The van der Waals surface area contributed by atoms with E-state index in [1.54, 1.807) is 6.20 Å². The van der Waals surface area contributed by atoms with E-state index in [1.165, 1.54) is 52.1 Å². The maximum atomic E-state index is 11.8. The van der Waals surface area contributed by atoms with Crippen molar-refractivity contribution in [1.82, 2.24) is 9.55 Å². The lowest BCUT2D eigenvalue weighted by molar-refractivity contribution is 0.0565. The van der Waals surface area contributed by atoms with Gasteiger partial charge >= 0.3 is 5.97 Å². The van der Waals surface area contributed by atoms with Crippen molar-refractivity contribution < 1.29 is 9.53 Å². The van der Waals surface area contributed by atoms with Crippen LogP contribution >= 0.6 is 0 Å². The van der Waals surface area contributed by atoms with Crippen LogP contribution < -0.4 is 0 Å². The molecule has 1 aromatic heterocycles. The molecule has 2 fully saturated rings. The predicted octanol–water partition coefficient (Wildman–Crippen LogP) is 3.20. The lowest BCUT2D eigenvalue weighted by atomic mass is 9.68. The van der Waals surface area contributed by atoms with Gasteiger partial charge in [0, 0.05) is 6.04 Å². The first-order valence-corrected chi connectivity index (χ1v) is 7.41. The third-order valence-electron chi connectivity index (χ3n) is 4.95. The summed E-state index contributed by atoms with van der Waals surface area (Å²) in [6.45, 7) is 0. The molecule has 0 spiro atoms. The summed E-state index contributed by atoms with van der Waals surface area (Å²) in [6.07, 6.45) is 12.6. The fourth-order valence-corrected chi connectivity index (χ4v) is 4.08. The quantitative estimate of drug-likeness (QED) is 0.769. The molecule has 0 bridgehead atoms. The van der Waals surface area contributed by atoms with Crippen LogP contribution in [0.25, 0.3) is 0 Å². The zero-order chi connectivity index (χ0) is 13.2. The second-order valence-electron chi connectivity index (χ2n) is 5.88. The Morgan fingerprint density at radius 1 is 1.26 bits per heavy atom. The van der Waals surface area contributed by atoms with Crippen LogP contribution in [0.4, 0.5) is 0 Å². The standard InChI is InChI=1S/C15H22N2O2/c1-19-15(18)14-9-16-10-17(14)13-8-4-6-11-5-2-3-7-12(11)13/h9-13H,2-8H2,1H3. The van der Waals surface area contributed by atoms with Gasteiger partial charge in [-0.25, -0.2) is 9.78 Å². The molecule has 1 aromatic rings. The molecule has 104 valence electrons. The maximum absolute atomic E-state index is 11.8. The van der Waals surface area contributed by atoms with Crippen molar-refractivity contribution in [2.75, 3.05) is 7.11 Å². The molecule has 0 saturated heterocycles. The Hall–Kier alpha value is -1.32. The van der Waals surface area contributed by atoms with Crippen LogP contribution in [0.3, 0.4) is 0 Å². The highest BCUT2D eigenvalue weighted by molar-refractivity contribution is 5.87. The van der Waals surface area contributed by atoms with Gasteiger partial charge in [-0.3, -0.25) is 0 Å². The number of ether oxygens (including phenoxy) is 1. The van der Waals surface area contributed by atoms with E-state index in [1.807, 2.05) is 6.33 Å². The van der Waals surface area contributed by atoms with Gasteiger partial charge in [-0.2, -0.15) is 0 Å². The van der Waals surface area contributed by atoms with Crippen LogP contribution in [0.15, 0.2) is 12.5 Å². The molecule has 19 heavy (non-hydrogen) atoms. The Morgan fingerprint density at radius 2 is 2.05 bits per heavy atom. The van der Waals surface area contributed by atoms with Gasteiger partial charge in [-0.15, -0.1) is 0 Å². The summed E-state index contributed by atoms with van der Waals surface area (Å²) >= 11 is 0. The van der Waals surface area contributed by atoms with Crippen LogP contribution in [-0.4, -0.2) is 22.6 Å². The molecule has 2 aliphatic carbocycles. The molecule has 2 saturated carbocycles. The van der Waals surface area contributed by atoms with E-state index in [4.69, 9.17) is 4.74 Å². The van der Waals surface area contributed by atoms with Crippen molar-refractivity contribution >= 4 is 5.97 Å². The molecule has 0 N–H and O–H groups in total. The van der Waals surface area contributed by atoms with Crippen molar-refractivity contribution in [1.29, 1.82) is 0 Å². The summed E-state index contributed by atoms with van der Waals surface area (Å²) in [6, 6.07) is 0.440. The maximum Gasteiger partial charge on any atom is 0.356 e. The number of imidazole rings is 1. The SMILES string of the molecule is COC(=O)c1cncn1C1CCCC2CCCCC21. The van der Waals surface area contributed by atoms with E-state index in [9.17, 15) is 4.79 Å². The summed E-state index contributed by atoms with van der Waals surface area (Å²) < 4.78 is 6.94. The second kappa shape index (κ2) is 5.35.